The molecule has 0 fully saturated rings. The van der Waals surface area contributed by atoms with Crippen LogP contribution in [0.2, 0.25) is 0 Å². The minimum atomic E-state index is -1.74. The highest BCUT2D eigenvalue weighted by Crippen LogP contribution is 2.21. The van der Waals surface area contributed by atoms with Gasteiger partial charge < -0.3 is 9.84 Å². The molecule has 22 heavy (non-hydrogen) atoms. The number of Topliss-reactive ketones (excluding diaryl/α,β-unsaturated/α-hetero) is 2. The van der Waals surface area contributed by atoms with Crippen molar-refractivity contribution in [2.75, 3.05) is 7.11 Å². The lowest BCUT2D eigenvalue weighted by Crippen LogP contribution is -2.37. The van der Waals surface area contributed by atoms with E-state index in [9.17, 15) is 14.7 Å². The van der Waals surface area contributed by atoms with Crippen molar-refractivity contribution in [3.63, 3.8) is 0 Å². The standard InChI is InChI=1S/C18H18O4/c1-18(21,17(20)14-6-4-3-5-7-14)12-16(19)13-8-10-15(22-2)11-9-13/h3-11,21H,12H2,1-2H3. The van der Waals surface area contributed by atoms with Crippen molar-refractivity contribution in [3.05, 3.63) is 65.7 Å². The molecule has 0 saturated carbocycles. The number of carbonyl (C=O) groups excluding carboxylic acids is 2. The summed E-state index contributed by atoms with van der Waals surface area (Å²) >= 11 is 0. The Morgan fingerprint density at radius 2 is 1.59 bits per heavy atom. The van der Waals surface area contributed by atoms with Gasteiger partial charge in [-0.2, -0.15) is 0 Å². The monoisotopic (exact) mass is 298 g/mol. The molecule has 4 nitrogen and oxygen atoms in total. The van der Waals surface area contributed by atoms with E-state index >= 15 is 0 Å². The molecule has 0 radical (unpaired) electrons. The van der Waals surface area contributed by atoms with Crippen LogP contribution in [0.1, 0.15) is 34.1 Å². The average molecular weight is 298 g/mol. The number of ketones is 2. The quantitative estimate of drug-likeness (QED) is 0.833. The first kappa shape index (κ1) is 15.9. The van der Waals surface area contributed by atoms with Crippen molar-refractivity contribution in [2.24, 2.45) is 0 Å². The van der Waals surface area contributed by atoms with Crippen molar-refractivity contribution in [3.8, 4) is 5.75 Å². The van der Waals surface area contributed by atoms with Gasteiger partial charge in [-0.05, 0) is 31.2 Å². The van der Waals surface area contributed by atoms with Crippen LogP contribution in [0.25, 0.3) is 0 Å². The maximum Gasteiger partial charge on any atom is 0.194 e. The van der Waals surface area contributed by atoms with Crippen molar-refractivity contribution < 1.29 is 19.4 Å². The SMILES string of the molecule is COc1ccc(C(=O)CC(C)(O)C(=O)c2ccccc2)cc1. The van der Waals surface area contributed by atoms with Crippen LogP contribution < -0.4 is 4.74 Å². The van der Waals surface area contributed by atoms with E-state index in [4.69, 9.17) is 4.74 Å². The zero-order valence-corrected chi connectivity index (χ0v) is 12.6. The first-order valence-electron chi connectivity index (χ1n) is 6.93. The fraction of sp³-hybridized carbons (Fsp3) is 0.222. The molecule has 0 heterocycles. The Morgan fingerprint density at radius 3 is 2.14 bits per heavy atom. The van der Waals surface area contributed by atoms with Crippen LogP contribution in [-0.2, 0) is 0 Å². The summed E-state index contributed by atoms with van der Waals surface area (Å²) in [7, 11) is 1.54. The Kier molecular flexibility index (Phi) is 4.73. The van der Waals surface area contributed by atoms with Gasteiger partial charge in [-0.1, -0.05) is 30.3 Å². The van der Waals surface area contributed by atoms with Gasteiger partial charge in [0, 0.05) is 17.5 Å². The Hall–Kier alpha value is -2.46. The Bertz CT molecular complexity index is 657. The molecule has 2 aromatic carbocycles. The van der Waals surface area contributed by atoms with Crippen LogP contribution >= 0.6 is 0 Å². The van der Waals surface area contributed by atoms with Crippen LogP contribution in [0, 0.1) is 0 Å². The van der Waals surface area contributed by atoms with Gasteiger partial charge in [0.1, 0.15) is 11.4 Å². The van der Waals surface area contributed by atoms with Crippen molar-refractivity contribution in [2.45, 2.75) is 18.9 Å². The summed E-state index contributed by atoms with van der Waals surface area (Å²) in [6.07, 6.45) is -0.271. The predicted molar refractivity (Wildman–Crippen MR) is 83.3 cm³/mol. The summed E-state index contributed by atoms with van der Waals surface area (Å²) in [6.45, 7) is 1.36. The third-order valence-corrected chi connectivity index (χ3v) is 3.44. The third kappa shape index (κ3) is 3.59. The second-order valence-corrected chi connectivity index (χ2v) is 5.30. The van der Waals surface area contributed by atoms with E-state index in [-0.39, 0.29) is 12.2 Å². The molecule has 1 atom stereocenters. The van der Waals surface area contributed by atoms with Crippen LogP contribution in [0.4, 0.5) is 0 Å². The number of carbonyl (C=O) groups is 2. The molecule has 0 saturated heterocycles. The highest BCUT2D eigenvalue weighted by atomic mass is 16.5. The molecular weight excluding hydrogens is 280 g/mol. The minimum absolute atomic E-state index is 0.271. The Labute approximate surface area is 129 Å². The fourth-order valence-electron chi connectivity index (χ4n) is 2.17. The molecule has 0 aliphatic rings. The molecule has 0 aromatic heterocycles. The maximum absolute atomic E-state index is 12.3. The zero-order valence-electron chi connectivity index (χ0n) is 12.6. The normalized spacial score (nSPS) is 13.2. The molecule has 114 valence electrons. The van der Waals surface area contributed by atoms with E-state index in [2.05, 4.69) is 0 Å². The van der Waals surface area contributed by atoms with Gasteiger partial charge >= 0.3 is 0 Å². The number of benzene rings is 2. The molecule has 2 rings (SSSR count). The van der Waals surface area contributed by atoms with E-state index in [1.165, 1.54) is 6.92 Å². The van der Waals surface area contributed by atoms with E-state index in [1.807, 2.05) is 0 Å². The van der Waals surface area contributed by atoms with Gasteiger partial charge in [0.15, 0.2) is 11.6 Å². The van der Waals surface area contributed by atoms with E-state index in [0.717, 1.165) is 0 Å². The molecule has 2 aromatic rings. The summed E-state index contributed by atoms with van der Waals surface area (Å²) in [4.78, 5) is 24.6. The van der Waals surface area contributed by atoms with Gasteiger partial charge in [-0.3, -0.25) is 9.59 Å². The van der Waals surface area contributed by atoms with E-state index < -0.39 is 11.4 Å². The van der Waals surface area contributed by atoms with Gasteiger partial charge in [0.05, 0.1) is 7.11 Å². The topological polar surface area (TPSA) is 63.6 Å². The van der Waals surface area contributed by atoms with Crippen molar-refractivity contribution >= 4 is 11.6 Å². The summed E-state index contributed by atoms with van der Waals surface area (Å²) in [5, 5.41) is 10.4. The Balaban J connectivity index is 2.13. The molecule has 0 amide bonds. The molecule has 0 aliphatic carbocycles. The molecule has 4 heteroatoms. The van der Waals surface area contributed by atoms with Crippen molar-refractivity contribution in [1.29, 1.82) is 0 Å². The van der Waals surface area contributed by atoms with Gasteiger partial charge in [-0.15, -0.1) is 0 Å². The number of rotatable bonds is 6. The largest absolute Gasteiger partial charge is 0.497 e. The number of methoxy groups -OCH3 is 1. The zero-order chi connectivity index (χ0) is 16.2. The van der Waals surface area contributed by atoms with E-state index in [0.29, 0.717) is 16.9 Å². The highest BCUT2D eigenvalue weighted by Gasteiger charge is 2.33. The molecular formula is C18H18O4. The number of hydrogen-bond donors (Lipinski definition) is 1. The molecule has 0 aliphatic heterocycles. The van der Waals surface area contributed by atoms with Crippen LogP contribution in [-0.4, -0.2) is 29.4 Å². The molecule has 0 spiro atoms. The van der Waals surface area contributed by atoms with Crippen LogP contribution in [0.5, 0.6) is 5.75 Å². The van der Waals surface area contributed by atoms with Gasteiger partial charge in [0.25, 0.3) is 0 Å². The molecule has 1 unspecified atom stereocenters. The van der Waals surface area contributed by atoms with Gasteiger partial charge in [-0.25, -0.2) is 0 Å². The maximum atomic E-state index is 12.3. The average Bonchev–Trinajstić information content (AvgIpc) is 2.54. The van der Waals surface area contributed by atoms with Crippen LogP contribution in [0.15, 0.2) is 54.6 Å². The fourth-order valence-corrected chi connectivity index (χ4v) is 2.17. The smallest absolute Gasteiger partial charge is 0.194 e. The second-order valence-electron chi connectivity index (χ2n) is 5.30. The summed E-state index contributed by atoms with van der Waals surface area (Å²) in [6, 6.07) is 15.0. The summed E-state index contributed by atoms with van der Waals surface area (Å²) in [5.41, 5.74) is -0.921. The summed E-state index contributed by atoms with van der Waals surface area (Å²) in [5.74, 6) is -0.115. The van der Waals surface area contributed by atoms with Gasteiger partial charge in [0.2, 0.25) is 0 Å². The molecule has 1 N–H and O–H groups in total. The first-order valence-corrected chi connectivity index (χ1v) is 6.93. The minimum Gasteiger partial charge on any atom is -0.497 e. The first-order chi connectivity index (χ1) is 10.4. The van der Waals surface area contributed by atoms with E-state index in [1.54, 1.807) is 61.7 Å². The lowest BCUT2D eigenvalue weighted by molar-refractivity contribution is 0.0354. The predicted octanol–water partition coefficient (Wildman–Crippen LogP) is 2.90. The highest BCUT2D eigenvalue weighted by molar-refractivity contribution is 6.07. The number of ether oxygens (including phenoxy) is 1. The molecule has 0 bridgehead atoms. The second kappa shape index (κ2) is 6.54. The Morgan fingerprint density at radius 1 is 1.00 bits per heavy atom. The number of hydrogen-bond acceptors (Lipinski definition) is 4. The summed E-state index contributed by atoms with van der Waals surface area (Å²) < 4.78 is 5.03. The van der Waals surface area contributed by atoms with Crippen LogP contribution in [0.3, 0.4) is 0 Å². The third-order valence-electron chi connectivity index (χ3n) is 3.44. The van der Waals surface area contributed by atoms with Crippen molar-refractivity contribution in [1.82, 2.24) is 0 Å². The lowest BCUT2D eigenvalue weighted by atomic mass is 9.88. The lowest BCUT2D eigenvalue weighted by Gasteiger charge is -2.21. The number of aliphatic hydroxyl groups is 1.